The van der Waals surface area contributed by atoms with E-state index in [4.69, 9.17) is 0 Å². The van der Waals surface area contributed by atoms with Crippen LogP contribution in [-0.2, 0) is 0 Å². The SMILES string of the molecule is CCC(C)C#CCCC(C)CC. The molecular formula is C12H22. The van der Waals surface area contributed by atoms with Gasteiger partial charge in [-0.15, -0.1) is 11.8 Å². The van der Waals surface area contributed by atoms with Gasteiger partial charge >= 0.3 is 0 Å². The van der Waals surface area contributed by atoms with Crippen molar-refractivity contribution in [3.8, 4) is 11.8 Å². The third-order valence-electron chi connectivity index (χ3n) is 2.42. The van der Waals surface area contributed by atoms with E-state index in [9.17, 15) is 0 Å². The normalized spacial score (nSPS) is 14.7. The molecule has 0 heteroatoms. The third kappa shape index (κ3) is 6.28. The minimum atomic E-state index is 0.585. The van der Waals surface area contributed by atoms with Crippen LogP contribution in [0.25, 0.3) is 0 Å². The molecule has 70 valence electrons. The van der Waals surface area contributed by atoms with Gasteiger partial charge < -0.3 is 0 Å². The molecular weight excluding hydrogens is 144 g/mol. The van der Waals surface area contributed by atoms with Crippen LogP contribution in [0.4, 0.5) is 0 Å². The fourth-order valence-corrected chi connectivity index (χ4v) is 0.871. The van der Waals surface area contributed by atoms with E-state index < -0.39 is 0 Å². The van der Waals surface area contributed by atoms with Crippen molar-refractivity contribution in [3.63, 3.8) is 0 Å². The standard InChI is InChI=1S/C12H22/c1-5-11(3)9-7-8-10-12(4)6-2/h11-12H,5-7,9H2,1-4H3. The first kappa shape index (κ1) is 11.6. The van der Waals surface area contributed by atoms with E-state index in [0.717, 1.165) is 12.3 Å². The van der Waals surface area contributed by atoms with Crippen LogP contribution >= 0.6 is 0 Å². The first-order valence-electron chi connectivity index (χ1n) is 5.19. The largest absolute Gasteiger partial charge is 0.103 e. The van der Waals surface area contributed by atoms with E-state index >= 15 is 0 Å². The van der Waals surface area contributed by atoms with Crippen LogP contribution in [0.2, 0.25) is 0 Å². The smallest absolute Gasteiger partial charge is 0.0171 e. The van der Waals surface area contributed by atoms with Gasteiger partial charge in [-0.25, -0.2) is 0 Å². The van der Waals surface area contributed by atoms with E-state index in [1.165, 1.54) is 19.3 Å². The van der Waals surface area contributed by atoms with Crippen LogP contribution in [0.1, 0.15) is 53.4 Å². The molecule has 0 radical (unpaired) electrons. The molecule has 0 fully saturated rings. The lowest BCUT2D eigenvalue weighted by Crippen LogP contribution is -1.90. The fraction of sp³-hybridized carbons (Fsp3) is 0.833. The van der Waals surface area contributed by atoms with Gasteiger partial charge in [-0.1, -0.05) is 34.1 Å². The van der Waals surface area contributed by atoms with Gasteiger partial charge in [-0.2, -0.15) is 0 Å². The Kier molecular flexibility index (Phi) is 6.96. The molecule has 0 aromatic rings. The molecule has 0 spiro atoms. The van der Waals surface area contributed by atoms with Gasteiger partial charge in [0.15, 0.2) is 0 Å². The number of rotatable bonds is 4. The van der Waals surface area contributed by atoms with Gasteiger partial charge in [0.25, 0.3) is 0 Å². The minimum Gasteiger partial charge on any atom is -0.103 e. The summed E-state index contributed by atoms with van der Waals surface area (Å²) in [5.74, 6) is 7.94. The summed E-state index contributed by atoms with van der Waals surface area (Å²) in [6.07, 6.45) is 4.81. The summed E-state index contributed by atoms with van der Waals surface area (Å²) in [6.45, 7) is 8.92. The van der Waals surface area contributed by atoms with E-state index in [2.05, 4.69) is 39.5 Å². The van der Waals surface area contributed by atoms with E-state index in [1.807, 2.05) is 0 Å². The van der Waals surface area contributed by atoms with Crippen molar-refractivity contribution in [2.45, 2.75) is 53.4 Å². The van der Waals surface area contributed by atoms with Crippen molar-refractivity contribution in [1.82, 2.24) is 0 Å². The summed E-state index contributed by atoms with van der Waals surface area (Å²) >= 11 is 0. The van der Waals surface area contributed by atoms with Gasteiger partial charge in [0.05, 0.1) is 0 Å². The molecule has 2 atom stereocenters. The first-order valence-corrected chi connectivity index (χ1v) is 5.19. The van der Waals surface area contributed by atoms with Crippen molar-refractivity contribution in [2.75, 3.05) is 0 Å². The summed E-state index contributed by atoms with van der Waals surface area (Å²) in [6, 6.07) is 0. The topological polar surface area (TPSA) is 0 Å². The summed E-state index contributed by atoms with van der Waals surface area (Å²) < 4.78 is 0. The van der Waals surface area contributed by atoms with Crippen molar-refractivity contribution in [3.05, 3.63) is 0 Å². The average Bonchev–Trinajstić information content (AvgIpc) is 2.11. The average molecular weight is 166 g/mol. The molecule has 2 unspecified atom stereocenters. The van der Waals surface area contributed by atoms with Gasteiger partial charge in [-0.05, 0) is 18.8 Å². The Bertz CT molecular complexity index is 147. The van der Waals surface area contributed by atoms with Crippen LogP contribution in [0.5, 0.6) is 0 Å². The molecule has 0 N–H and O–H groups in total. The van der Waals surface area contributed by atoms with Gasteiger partial charge in [0, 0.05) is 12.3 Å². The zero-order chi connectivity index (χ0) is 9.40. The first-order chi connectivity index (χ1) is 5.70. The zero-order valence-corrected chi connectivity index (χ0v) is 8.98. The molecule has 0 amide bonds. The molecule has 0 aliphatic carbocycles. The van der Waals surface area contributed by atoms with E-state index in [0.29, 0.717) is 5.92 Å². The summed E-state index contributed by atoms with van der Waals surface area (Å²) in [5, 5.41) is 0. The molecule has 0 aliphatic heterocycles. The minimum absolute atomic E-state index is 0.585. The van der Waals surface area contributed by atoms with Crippen molar-refractivity contribution in [1.29, 1.82) is 0 Å². The molecule has 0 rings (SSSR count). The number of hydrogen-bond donors (Lipinski definition) is 0. The highest BCUT2D eigenvalue weighted by Crippen LogP contribution is 2.08. The predicted octanol–water partition coefficient (Wildman–Crippen LogP) is 3.86. The molecule has 0 bridgehead atoms. The Hall–Kier alpha value is -0.440. The van der Waals surface area contributed by atoms with Gasteiger partial charge in [0.1, 0.15) is 0 Å². The Morgan fingerprint density at radius 1 is 1.08 bits per heavy atom. The summed E-state index contributed by atoms with van der Waals surface area (Å²) in [7, 11) is 0. The second kappa shape index (κ2) is 7.22. The Balaban J connectivity index is 3.45. The molecule has 0 saturated heterocycles. The highest BCUT2D eigenvalue weighted by Gasteiger charge is 1.95. The molecule has 0 heterocycles. The summed E-state index contributed by atoms with van der Waals surface area (Å²) in [5.41, 5.74) is 0. The molecule has 12 heavy (non-hydrogen) atoms. The lowest BCUT2D eigenvalue weighted by molar-refractivity contribution is 0.525. The predicted molar refractivity (Wildman–Crippen MR) is 55.9 cm³/mol. The second-order valence-electron chi connectivity index (χ2n) is 3.68. The van der Waals surface area contributed by atoms with Crippen LogP contribution in [0.3, 0.4) is 0 Å². The molecule has 0 saturated carbocycles. The van der Waals surface area contributed by atoms with Crippen LogP contribution in [0.15, 0.2) is 0 Å². The second-order valence-corrected chi connectivity index (χ2v) is 3.68. The number of hydrogen-bond acceptors (Lipinski definition) is 0. The maximum absolute atomic E-state index is 3.26. The molecule has 0 aromatic carbocycles. The van der Waals surface area contributed by atoms with E-state index in [-0.39, 0.29) is 0 Å². The Morgan fingerprint density at radius 2 is 1.75 bits per heavy atom. The molecule has 0 nitrogen and oxygen atoms in total. The zero-order valence-electron chi connectivity index (χ0n) is 8.98. The third-order valence-corrected chi connectivity index (χ3v) is 2.42. The van der Waals surface area contributed by atoms with E-state index in [1.54, 1.807) is 0 Å². The fourth-order valence-electron chi connectivity index (χ4n) is 0.871. The Morgan fingerprint density at radius 3 is 2.25 bits per heavy atom. The Labute approximate surface area is 77.8 Å². The van der Waals surface area contributed by atoms with Crippen LogP contribution in [0, 0.1) is 23.7 Å². The molecule has 0 aromatic heterocycles. The highest BCUT2D eigenvalue weighted by molar-refractivity contribution is 5.02. The van der Waals surface area contributed by atoms with Crippen molar-refractivity contribution >= 4 is 0 Å². The van der Waals surface area contributed by atoms with Crippen molar-refractivity contribution < 1.29 is 0 Å². The van der Waals surface area contributed by atoms with Gasteiger partial charge in [-0.3, -0.25) is 0 Å². The lowest BCUT2D eigenvalue weighted by atomic mass is 10.0. The summed E-state index contributed by atoms with van der Waals surface area (Å²) in [4.78, 5) is 0. The van der Waals surface area contributed by atoms with Gasteiger partial charge in [0.2, 0.25) is 0 Å². The maximum Gasteiger partial charge on any atom is 0.0171 e. The van der Waals surface area contributed by atoms with Crippen LogP contribution in [-0.4, -0.2) is 0 Å². The van der Waals surface area contributed by atoms with Crippen LogP contribution < -0.4 is 0 Å². The molecule has 0 aliphatic rings. The maximum atomic E-state index is 3.26. The lowest BCUT2D eigenvalue weighted by Gasteiger charge is -2.03. The quantitative estimate of drug-likeness (QED) is 0.556. The highest BCUT2D eigenvalue weighted by atomic mass is 14.0. The monoisotopic (exact) mass is 166 g/mol. The van der Waals surface area contributed by atoms with Crippen molar-refractivity contribution in [2.24, 2.45) is 11.8 Å².